The molecule has 0 spiro atoms. The summed E-state index contributed by atoms with van der Waals surface area (Å²) in [5, 5.41) is 8.81. The summed E-state index contributed by atoms with van der Waals surface area (Å²) in [6.45, 7) is 2.40. The fraction of sp³-hybridized carbons (Fsp3) is 0.118. The van der Waals surface area contributed by atoms with Gasteiger partial charge in [0, 0.05) is 4.47 Å². The van der Waals surface area contributed by atoms with Crippen LogP contribution in [0.5, 0.6) is 0 Å². The molecule has 114 valence electrons. The Bertz CT molecular complexity index is 1080. The highest BCUT2D eigenvalue weighted by molar-refractivity contribution is 9.10. The lowest BCUT2D eigenvalue weighted by molar-refractivity contribution is 0.766. The molecule has 0 fully saturated rings. The molecule has 0 bridgehead atoms. The van der Waals surface area contributed by atoms with Crippen molar-refractivity contribution in [3.05, 3.63) is 74.7 Å². The van der Waals surface area contributed by atoms with Crippen molar-refractivity contribution >= 4 is 32.6 Å². The van der Waals surface area contributed by atoms with Crippen molar-refractivity contribution in [1.29, 1.82) is 0 Å². The summed E-state index contributed by atoms with van der Waals surface area (Å²) >= 11 is 3.51. The molecule has 0 atom stereocenters. The summed E-state index contributed by atoms with van der Waals surface area (Å²) in [6, 6.07) is 13.7. The van der Waals surface area contributed by atoms with Crippen LogP contribution in [0, 0.1) is 6.92 Å². The van der Waals surface area contributed by atoms with E-state index in [9.17, 15) is 4.79 Å². The van der Waals surface area contributed by atoms with E-state index in [-0.39, 0.29) is 5.56 Å². The van der Waals surface area contributed by atoms with E-state index in [1.165, 1.54) is 0 Å². The summed E-state index contributed by atoms with van der Waals surface area (Å²) in [5.74, 6) is 0.549. The van der Waals surface area contributed by atoms with Crippen LogP contribution >= 0.6 is 15.9 Å². The van der Waals surface area contributed by atoms with Gasteiger partial charge in [0.2, 0.25) is 5.78 Å². The molecule has 0 saturated heterocycles. The Morgan fingerprint density at radius 2 is 1.91 bits per heavy atom. The molecule has 0 saturated carbocycles. The predicted molar refractivity (Wildman–Crippen MR) is 92.7 cm³/mol. The van der Waals surface area contributed by atoms with Crippen LogP contribution < -0.4 is 5.56 Å². The number of nitrogens with zero attached hydrogens (tertiary/aromatic N) is 4. The molecule has 5 nitrogen and oxygen atoms in total. The smallest absolute Gasteiger partial charge is 0.263 e. The second kappa shape index (κ2) is 5.31. The van der Waals surface area contributed by atoms with Gasteiger partial charge >= 0.3 is 0 Å². The first-order valence-corrected chi connectivity index (χ1v) is 8.01. The van der Waals surface area contributed by atoms with Crippen molar-refractivity contribution in [1.82, 2.24) is 19.2 Å². The Morgan fingerprint density at radius 3 is 2.70 bits per heavy atom. The van der Waals surface area contributed by atoms with Gasteiger partial charge < -0.3 is 0 Å². The second-order valence-corrected chi connectivity index (χ2v) is 6.30. The average molecular weight is 369 g/mol. The highest BCUT2D eigenvalue weighted by Gasteiger charge is 2.15. The van der Waals surface area contributed by atoms with Crippen molar-refractivity contribution in [2.45, 2.75) is 13.5 Å². The summed E-state index contributed by atoms with van der Waals surface area (Å²) in [7, 11) is 0. The number of aryl methyl sites for hydroxylation is 1. The van der Waals surface area contributed by atoms with Crippen LogP contribution in [0.3, 0.4) is 0 Å². The largest absolute Gasteiger partial charge is 0.272 e. The highest BCUT2D eigenvalue weighted by atomic mass is 79.9. The third kappa shape index (κ3) is 2.17. The van der Waals surface area contributed by atoms with Gasteiger partial charge in [-0.3, -0.25) is 13.8 Å². The molecule has 2 heterocycles. The Balaban J connectivity index is 2.10. The maximum atomic E-state index is 13.1. The first kappa shape index (κ1) is 14.1. The first-order valence-electron chi connectivity index (χ1n) is 7.22. The van der Waals surface area contributed by atoms with Crippen LogP contribution in [0.1, 0.15) is 11.1 Å². The Labute approximate surface area is 140 Å². The molecule has 0 aliphatic rings. The summed E-state index contributed by atoms with van der Waals surface area (Å²) in [6.07, 6.45) is 1.64. The Kier molecular flexibility index (Phi) is 3.27. The number of aromatic nitrogens is 4. The van der Waals surface area contributed by atoms with Gasteiger partial charge in [-0.25, -0.2) is 0 Å². The molecule has 0 aliphatic heterocycles. The fourth-order valence-electron chi connectivity index (χ4n) is 2.86. The zero-order valence-electron chi connectivity index (χ0n) is 12.4. The predicted octanol–water partition coefficient (Wildman–Crippen LogP) is 3.16. The monoisotopic (exact) mass is 368 g/mol. The lowest BCUT2D eigenvalue weighted by Gasteiger charge is -2.12. The Hall–Kier alpha value is -2.47. The number of hydrogen-bond donors (Lipinski definition) is 0. The van der Waals surface area contributed by atoms with Crippen molar-refractivity contribution < 1.29 is 0 Å². The van der Waals surface area contributed by atoms with Crippen LogP contribution in [0.2, 0.25) is 0 Å². The van der Waals surface area contributed by atoms with E-state index < -0.39 is 0 Å². The summed E-state index contributed by atoms with van der Waals surface area (Å²) in [4.78, 5) is 13.1. The van der Waals surface area contributed by atoms with Gasteiger partial charge in [-0.1, -0.05) is 46.3 Å². The second-order valence-electron chi connectivity index (χ2n) is 5.44. The SMILES string of the molecule is Cc1c(Br)ccc2c1c(=O)n(Cc1ccccc1)c1nncn21. The van der Waals surface area contributed by atoms with E-state index in [1.54, 1.807) is 10.9 Å². The topological polar surface area (TPSA) is 52.2 Å². The van der Waals surface area contributed by atoms with Gasteiger partial charge in [-0.15, -0.1) is 10.2 Å². The maximum absolute atomic E-state index is 13.1. The van der Waals surface area contributed by atoms with Gasteiger partial charge in [0.1, 0.15) is 6.33 Å². The molecule has 4 rings (SSSR count). The maximum Gasteiger partial charge on any atom is 0.263 e. The minimum atomic E-state index is -0.0526. The molecule has 4 aromatic rings. The van der Waals surface area contributed by atoms with Gasteiger partial charge in [0.25, 0.3) is 5.56 Å². The van der Waals surface area contributed by atoms with Crippen molar-refractivity contribution in [2.75, 3.05) is 0 Å². The lowest BCUT2D eigenvalue weighted by Crippen LogP contribution is -2.24. The zero-order valence-corrected chi connectivity index (χ0v) is 14.0. The number of hydrogen-bond acceptors (Lipinski definition) is 3. The number of halogens is 1. The van der Waals surface area contributed by atoms with E-state index in [4.69, 9.17) is 0 Å². The molecule has 0 radical (unpaired) electrons. The average Bonchev–Trinajstić information content (AvgIpc) is 3.04. The highest BCUT2D eigenvalue weighted by Crippen LogP contribution is 2.24. The fourth-order valence-corrected chi connectivity index (χ4v) is 3.19. The van der Waals surface area contributed by atoms with Gasteiger partial charge in [0.05, 0.1) is 17.4 Å². The molecule has 0 amide bonds. The van der Waals surface area contributed by atoms with Gasteiger partial charge in [0.15, 0.2) is 0 Å². The minimum Gasteiger partial charge on any atom is -0.272 e. The van der Waals surface area contributed by atoms with Crippen LogP contribution in [-0.4, -0.2) is 19.2 Å². The number of rotatable bonds is 2. The van der Waals surface area contributed by atoms with Gasteiger partial charge in [-0.05, 0) is 30.2 Å². The standard InChI is InChI=1S/C17H13BrN4O/c1-11-13(18)7-8-14-15(11)16(23)21(17-20-19-10-22(14)17)9-12-5-3-2-4-6-12/h2-8,10H,9H2,1H3. The van der Waals surface area contributed by atoms with Gasteiger partial charge in [-0.2, -0.15) is 0 Å². The molecular formula is C17H13BrN4O. The first-order chi connectivity index (χ1) is 11.2. The summed E-state index contributed by atoms with van der Waals surface area (Å²) < 4.78 is 4.45. The van der Waals surface area contributed by atoms with Crippen LogP contribution in [0.15, 0.2) is 58.1 Å². The molecule has 0 unspecified atom stereocenters. The van der Waals surface area contributed by atoms with Crippen molar-refractivity contribution in [3.8, 4) is 0 Å². The molecule has 2 aromatic heterocycles. The van der Waals surface area contributed by atoms with E-state index in [1.807, 2.05) is 53.8 Å². The van der Waals surface area contributed by atoms with E-state index in [0.29, 0.717) is 17.7 Å². The molecule has 6 heteroatoms. The minimum absolute atomic E-state index is 0.0526. The molecular weight excluding hydrogens is 356 g/mol. The third-order valence-corrected chi connectivity index (χ3v) is 4.91. The molecule has 0 aliphatic carbocycles. The lowest BCUT2D eigenvalue weighted by atomic mass is 10.1. The van der Waals surface area contributed by atoms with E-state index in [2.05, 4.69) is 26.1 Å². The number of fused-ring (bicyclic) bond motifs is 3. The van der Waals surface area contributed by atoms with Crippen molar-refractivity contribution in [2.24, 2.45) is 0 Å². The van der Waals surface area contributed by atoms with Crippen LogP contribution in [0.4, 0.5) is 0 Å². The Morgan fingerprint density at radius 1 is 1.13 bits per heavy atom. The van der Waals surface area contributed by atoms with Crippen LogP contribution in [0.25, 0.3) is 16.7 Å². The van der Waals surface area contributed by atoms with Crippen LogP contribution in [-0.2, 0) is 6.54 Å². The molecule has 2 aromatic carbocycles. The normalized spacial score (nSPS) is 11.4. The summed E-state index contributed by atoms with van der Waals surface area (Å²) in [5.41, 5.74) is 2.74. The third-order valence-electron chi connectivity index (χ3n) is 4.05. The molecule has 0 N–H and O–H groups in total. The van der Waals surface area contributed by atoms with E-state index in [0.717, 1.165) is 21.1 Å². The number of benzene rings is 2. The van der Waals surface area contributed by atoms with Crippen molar-refractivity contribution in [3.63, 3.8) is 0 Å². The van der Waals surface area contributed by atoms with E-state index >= 15 is 0 Å². The quantitative estimate of drug-likeness (QED) is 0.546. The zero-order chi connectivity index (χ0) is 16.0. The molecule has 23 heavy (non-hydrogen) atoms.